The molecule has 7 heteroatoms. The van der Waals surface area contributed by atoms with E-state index in [0.29, 0.717) is 0 Å². The highest BCUT2D eigenvalue weighted by Crippen LogP contribution is 2.44. The van der Waals surface area contributed by atoms with Crippen LogP contribution in [0.1, 0.15) is 19.3 Å². The minimum absolute atomic E-state index is 0.407. The highest BCUT2D eigenvalue weighted by atomic mass is 19.4. The Balaban J connectivity index is 2.73. The predicted octanol–water partition coefficient (Wildman–Crippen LogP) is 2.85. The van der Waals surface area contributed by atoms with E-state index in [4.69, 9.17) is 5.73 Å². The molecule has 15 heavy (non-hydrogen) atoms. The van der Waals surface area contributed by atoms with Crippen molar-refractivity contribution >= 4 is 0 Å². The molecule has 0 heterocycles. The van der Waals surface area contributed by atoms with Crippen molar-refractivity contribution in [1.29, 1.82) is 0 Å². The van der Waals surface area contributed by atoms with Crippen molar-refractivity contribution in [2.45, 2.75) is 37.7 Å². The van der Waals surface area contributed by atoms with E-state index in [1.165, 1.54) is 0 Å². The van der Waals surface area contributed by atoms with Gasteiger partial charge in [0.25, 0.3) is 0 Å². The molecule has 0 saturated heterocycles. The summed E-state index contributed by atoms with van der Waals surface area (Å²) in [5.74, 6) is -3.85. The van der Waals surface area contributed by atoms with E-state index >= 15 is 0 Å². The first-order valence-corrected chi connectivity index (χ1v) is 4.49. The quantitative estimate of drug-likeness (QED) is 0.642. The Labute approximate surface area is 82.6 Å². The molecule has 1 unspecified atom stereocenters. The van der Waals surface area contributed by atoms with Crippen LogP contribution in [-0.4, -0.2) is 18.4 Å². The van der Waals surface area contributed by atoms with Crippen LogP contribution in [0, 0.1) is 11.8 Å². The Morgan fingerprint density at radius 2 is 1.07 bits per heavy atom. The fourth-order valence-corrected chi connectivity index (χ4v) is 1.90. The normalized spacial score (nSPS) is 34.2. The first-order chi connectivity index (χ1) is 6.60. The van der Waals surface area contributed by atoms with Gasteiger partial charge in [-0.15, -0.1) is 0 Å². The maximum atomic E-state index is 12.3. The van der Waals surface area contributed by atoms with Gasteiger partial charge in [-0.05, 0) is 19.3 Å². The molecule has 1 fully saturated rings. The Morgan fingerprint density at radius 3 is 1.33 bits per heavy atom. The summed E-state index contributed by atoms with van der Waals surface area (Å²) in [7, 11) is 0. The van der Waals surface area contributed by atoms with Crippen LogP contribution in [0.5, 0.6) is 0 Å². The van der Waals surface area contributed by atoms with Crippen LogP contribution in [0.2, 0.25) is 0 Å². The van der Waals surface area contributed by atoms with Crippen LogP contribution in [-0.2, 0) is 0 Å². The second-order valence-electron chi connectivity index (χ2n) is 3.94. The van der Waals surface area contributed by atoms with E-state index in [0.717, 1.165) is 0 Å². The van der Waals surface area contributed by atoms with Crippen LogP contribution >= 0.6 is 0 Å². The molecule has 0 aromatic rings. The molecule has 0 aromatic carbocycles. The topological polar surface area (TPSA) is 26.0 Å². The van der Waals surface area contributed by atoms with E-state index in [9.17, 15) is 26.3 Å². The summed E-state index contributed by atoms with van der Waals surface area (Å²) >= 11 is 0. The van der Waals surface area contributed by atoms with Gasteiger partial charge >= 0.3 is 12.4 Å². The molecule has 0 aromatic heterocycles. The first-order valence-electron chi connectivity index (χ1n) is 4.49. The van der Waals surface area contributed by atoms with Gasteiger partial charge in [0.1, 0.15) is 0 Å². The summed E-state index contributed by atoms with van der Waals surface area (Å²) < 4.78 is 73.5. The molecule has 0 radical (unpaired) electrons. The summed E-state index contributed by atoms with van der Waals surface area (Å²) in [5.41, 5.74) is 5.21. The van der Waals surface area contributed by atoms with E-state index in [1.807, 2.05) is 0 Å². The van der Waals surface area contributed by atoms with Gasteiger partial charge in [0.2, 0.25) is 0 Å². The number of halogens is 6. The maximum Gasteiger partial charge on any atom is 0.391 e. The van der Waals surface area contributed by atoms with E-state index in [2.05, 4.69) is 0 Å². The average molecular weight is 235 g/mol. The summed E-state index contributed by atoms with van der Waals surface area (Å²) in [5, 5.41) is 0. The smallest absolute Gasteiger partial charge is 0.328 e. The summed E-state index contributed by atoms with van der Waals surface area (Å²) in [4.78, 5) is 0. The molecule has 1 nitrogen and oxygen atoms in total. The third-order valence-corrected chi connectivity index (χ3v) is 2.67. The fourth-order valence-electron chi connectivity index (χ4n) is 1.90. The number of hydrogen-bond acceptors (Lipinski definition) is 1. The lowest BCUT2D eigenvalue weighted by atomic mass is 9.78. The number of nitrogens with two attached hydrogens (primary N) is 1. The molecule has 90 valence electrons. The molecular weight excluding hydrogens is 224 g/mol. The van der Waals surface area contributed by atoms with Crippen molar-refractivity contribution in [2.24, 2.45) is 17.6 Å². The van der Waals surface area contributed by atoms with E-state index in [-0.39, 0.29) is 0 Å². The number of hydrogen-bond donors (Lipinski definition) is 1. The first kappa shape index (κ1) is 12.6. The average Bonchev–Trinajstić information content (AvgIpc) is 1.99. The van der Waals surface area contributed by atoms with Crippen molar-refractivity contribution in [3.8, 4) is 0 Å². The molecule has 0 aliphatic heterocycles. The Kier molecular flexibility index (Phi) is 3.23. The second-order valence-corrected chi connectivity index (χ2v) is 3.94. The van der Waals surface area contributed by atoms with Gasteiger partial charge in [0, 0.05) is 6.04 Å². The van der Waals surface area contributed by atoms with Gasteiger partial charge in [-0.1, -0.05) is 0 Å². The lowest BCUT2D eigenvalue weighted by Gasteiger charge is -2.35. The van der Waals surface area contributed by atoms with Gasteiger partial charge in [-0.25, -0.2) is 0 Å². The van der Waals surface area contributed by atoms with Crippen LogP contribution < -0.4 is 5.73 Å². The zero-order chi connectivity index (χ0) is 11.9. The minimum Gasteiger partial charge on any atom is -0.328 e. The molecule has 1 aliphatic rings. The van der Waals surface area contributed by atoms with Gasteiger partial charge < -0.3 is 5.73 Å². The molecule has 0 bridgehead atoms. The molecule has 0 spiro atoms. The number of alkyl halides is 6. The van der Waals surface area contributed by atoms with Crippen molar-refractivity contribution in [2.75, 3.05) is 0 Å². The van der Waals surface area contributed by atoms with Crippen LogP contribution in [0.4, 0.5) is 26.3 Å². The summed E-state index contributed by atoms with van der Waals surface area (Å²) in [6, 6.07) is -1.02. The standard InChI is InChI=1S/C8H11F6N/c9-7(10,11)4-1-5(8(12,13)14)3-6(15)2-4/h4-6H,1-3,15H2/t4-,5+,6?. The zero-order valence-electron chi connectivity index (χ0n) is 7.70. The third-order valence-electron chi connectivity index (χ3n) is 2.67. The highest BCUT2D eigenvalue weighted by molar-refractivity contribution is 4.87. The lowest BCUT2D eigenvalue weighted by molar-refractivity contribution is -0.224. The van der Waals surface area contributed by atoms with Crippen LogP contribution in [0.3, 0.4) is 0 Å². The van der Waals surface area contributed by atoms with Gasteiger partial charge in [-0.3, -0.25) is 0 Å². The van der Waals surface area contributed by atoms with E-state index < -0.39 is 49.5 Å². The molecule has 1 saturated carbocycles. The second kappa shape index (κ2) is 3.84. The Morgan fingerprint density at radius 1 is 0.733 bits per heavy atom. The predicted molar refractivity (Wildman–Crippen MR) is 40.9 cm³/mol. The molecule has 1 aliphatic carbocycles. The fraction of sp³-hybridized carbons (Fsp3) is 1.00. The van der Waals surface area contributed by atoms with Crippen molar-refractivity contribution in [1.82, 2.24) is 0 Å². The Bertz CT molecular complexity index is 198. The summed E-state index contributed by atoms with van der Waals surface area (Å²) in [6.45, 7) is 0. The number of rotatable bonds is 0. The van der Waals surface area contributed by atoms with Gasteiger partial charge in [0.15, 0.2) is 0 Å². The highest BCUT2D eigenvalue weighted by Gasteiger charge is 2.51. The van der Waals surface area contributed by atoms with Gasteiger partial charge in [-0.2, -0.15) is 26.3 Å². The molecule has 0 amide bonds. The summed E-state index contributed by atoms with van der Waals surface area (Å²) in [6.07, 6.45) is -10.9. The van der Waals surface area contributed by atoms with Crippen molar-refractivity contribution < 1.29 is 26.3 Å². The van der Waals surface area contributed by atoms with Crippen molar-refractivity contribution in [3.63, 3.8) is 0 Å². The Hall–Kier alpha value is -0.460. The molecule has 3 atom stereocenters. The van der Waals surface area contributed by atoms with E-state index in [1.54, 1.807) is 0 Å². The largest absolute Gasteiger partial charge is 0.391 e. The monoisotopic (exact) mass is 235 g/mol. The van der Waals surface area contributed by atoms with Crippen LogP contribution in [0.25, 0.3) is 0 Å². The maximum absolute atomic E-state index is 12.3. The molecular formula is C8H11F6N. The van der Waals surface area contributed by atoms with Gasteiger partial charge in [0.05, 0.1) is 11.8 Å². The minimum atomic E-state index is -4.58. The SMILES string of the molecule is NC1C[C@@H](C(F)(F)F)C[C@@H](C(F)(F)F)C1. The lowest BCUT2D eigenvalue weighted by Crippen LogP contribution is -2.43. The van der Waals surface area contributed by atoms with Crippen LogP contribution in [0.15, 0.2) is 0 Å². The van der Waals surface area contributed by atoms with Crippen molar-refractivity contribution in [3.05, 3.63) is 0 Å². The molecule has 1 rings (SSSR count). The molecule has 2 N–H and O–H groups in total. The third kappa shape index (κ3) is 3.25. The zero-order valence-corrected chi connectivity index (χ0v) is 7.70.